The number of aliphatic hydroxyl groups is 1. The topological polar surface area (TPSA) is 32.3 Å². The Kier molecular flexibility index (Phi) is 4.94. The van der Waals surface area contributed by atoms with Crippen LogP contribution in [0, 0.1) is 18.2 Å². The van der Waals surface area contributed by atoms with Gasteiger partial charge in [-0.15, -0.1) is 0 Å². The van der Waals surface area contributed by atoms with Gasteiger partial charge in [0.1, 0.15) is 5.82 Å². The Morgan fingerprint density at radius 2 is 1.94 bits per heavy atom. The Labute approximate surface area is 103 Å². The van der Waals surface area contributed by atoms with Gasteiger partial charge in [0.2, 0.25) is 0 Å². The standard InChI is InChI=1S/C14H22FNO/c1-4-14(5-2,10-17)9-16-13-7-6-12(15)8-11(13)3/h6-8,16-17H,4-5,9-10H2,1-3H3. The fourth-order valence-corrected chi connectivity index (χ4v) is 1.89. The van der Waals surface area contributed by atoms with Crippen molar-refractivity contribution in [3.63, 3.8) is 0 Å². The summed E-state index contributed by atoms with van der Waals surface area (Å²) in [6.45, 7) is 6.93. The molecule has 2 N–H and O–H groups in total. The molecule has 1 aromatic carbocycles. The lowest BCUT2D eigenvalue weighted by Crippen LogP contribution is -2.32. The summed E-state index contributed by atoms with van der Waals surface area (Å²) >= 11 is 0. The maximum Gasteiger partial charge on any atom is 0.123 e. The molecule has 17 heavy (non-hydrogen) atoms. The van der Waals surface area contributed by atoms with Gasteiger partial charge in [-0.2, -0.15) is 0 Å². The monoisotopic (exact) mass is 239 g/mol. The molecule has 2 nitrogen and oxygen atoms in total. The van der Waals surface area contributed by atoms with Gasteiger partial charge in [0.25, 0.3) is 0 Å². The van der Waals surface area contributed by atoms with Crippen molar-refractivity contribution in [1.82, 2.24) is 0 Å². The zero-order valence-corrected chi connectivity index (χ0v) is 10.9. The molecule has 0 fully saturated rings. The van der Waals surface area contributed by atoms with Crippen molar-refractivity contribution in [1.29, 1.82) is 0 Å². The quantitative estimate of drug-likeness (QED) is 0.798. The lowest BCUT2D eigenvalue weighted by molar-refractivity contribution is 0.127. The minimum Gasteiger partial charge on any atom is -0.396 e. The predicted molar refractivity (Wildman–Crippen MR) is 69.7 cm³/mol. The molecule has 1 aromatic rings. The number of nitrogens with one attached hydrogen (secondary N) is 1. The van der Waals surface area contributed by atoms with Crippen LogP contribution in [0.1, 0.15) is 32.3 Å². The third-order valence-electron chi connectivity index (χ3n) is 3.68. The molecular weight excluding hydrogens is 217 g/mol. The van der Waals surface area contributed by atoms with Crippen LogP contribution in [0.3, 0.4) is 0 Å². The van der Waals surface area contributed by atoms with Crippen LogP contribution in [-0.4, -0.2) is 18.3 Å². The molecule has 0 heterocycles. The maximum absolute atomic E-state index is 13.0. The lowest BCUT2D eigenvalue weighted by atomic mass is 9.83. The van der Waals surface area contributed by atoms with Gasteiger partial charge in [-0.25, -0.2) is 4.39 Å². The Hall–Kier alpha value is -1.09. The molecule has 0 aromatic heterocycles. The minimum atomic E-state index is -0.215. The summed E-state index contributed by atoms with van der Waals surface area (Å²) in [6.07, 6.45) is 1.85. The maximum atomic E-state index is 13.0. The van der Waals surface area contributed by atoms with Crippen LogP contribution in [0.15, 0.2) is 18.2 Å². The van der Waals surface area contributed by atoms with Gasteiger partial charge >= 0.3 is 0 Å². The summed E-state index contributed by atoms with van der Waals surface area (Å²) in [5.74, 6) is -0.215. The molecule has 0 bridgehead atoms. The van der Waals surface area contributed by atoms with Gasteiger partial charge in [-0.1, -0.05) is 13.8 Å². The van der Waals surface area contributed by atoms with E-state index in [1.807, 2.05) is 6.92 Å². The number of aliphatic hydroxyl groups excluding tert-OH is 1. The van der Waals surface area contributed by atoms with Crippen LogP contribution in [0.2, 0.25) is 0 Å². The second-order valence-corrected chi connectivity index (χ2v) is 4.68. The number of anilines is 1. The second kappa shape index (κ2) is 6.01. The van der Waals surface area contributed by atoms with E-state index in [0.29, 0.717) is 6.54 Å². The summed E-state index contributed by atoms with van der Waals surface area (Å²) in [5.41, 5.74) is 1.75. The average Bonchev–Trinajstić information content (AvgIpc) is 2.33. The predicted octanol–water partition coefficient (Wildman–Crippen LogP) is 3.34. The molecule has 0 saturated heterocycles. The molecule has 0 amide bonds. The molecule has 3 heteroatoms. The molecular formula is C14H22FNO. The molecule has 0 aliphatic rings. The molecule has 0 atom stereocenters. The number of rotatable bonds is 6. The fraction of sp³-hybridized carbons (Fsp3) is 0.571. The molecule has 0 unspecified atom stereocenters. The number of aryl methyl sites for hydroxylation is 1. The Balaban J connectivity index is 2.72. The Bertz CT molecular complexity index is 353. The molecule has 1 rings (SSSR count). The first-order valence-electron chi connectivity index (χ1n) is 6.18. The van der Waals surface area contributed by atoms with Gasteiger partial charge in [0.05, 0.1) is 6.61 Å². The first-order chi connectivity index (χ1) is 8.06. The van der Waals surface area contributed by atoms with Crippen molar-refractivity contribution in [3.05, 3.63) is 29.6 Å². The van der Waals surface area contributed by atoms with Gasteiger partial charge in [-0.3, -0.25) is 0 Å². The van der Waals surface area contributed by atoms with Crippen molar-refractivity contribution in [3.8, 4) is 0 Å². The van der Waals surface area contributed by atoms with Crippen molar-refractivity contribution >= 4 is 5.69 Å². The largest absolute Gasteiger partial charge is 0.396 e. The smallest absolute Gasteiger partial charge is 0.123 e. The SMILES string of the molecule is CCC(CC)(CO)CNc1ccc(F)cc1C. The van der Waals surface area contributed by atoms with E-state index >= 15 is 0 Å². The van der Waals surface area contributed by atoms with Crippen molar-refractivity contribution in [2.24, 2.45) is 5.41 Å². The van der Waals surface area contributed by atoms with Gasteiger partial charge in [-0.05, 0) is 43.5 Å². The van der Waals surface area contributed by atoms with Crippen molar-refractivity contribution in [2.75, 3.05) is 18.5 Å². The van der Waals surface area contributed by atoms with Crippen LogP contribution in [0.4, 0.5) is 10.1 Å². The number of hydrogen-bond donors (Lipinski definition) is 2. The van der Waals surface area contributed by atoms with Gasteiger partial charge < -0.3 is 10.4 Å². The van der Waals surface area contributed by atoms with Crippen LogP contribution in [0.5, 0.6) is 0 Å². The van der Waals surface area contributed by atoms with Crippen LogP contribution >= 0.6 is 0 Å². The minimum absolute atomic E-state index is 0.0825. The van der Waals surface area contributed by atoms with E-state index in [-0.39, 0.29) is 17.8 Å². The van der Waals surface area contributed by atoms with Gasteiger partial charge in [0.15, 0.2) is 0 Å². The number of halogens is 1. The Morgan fingerprint density at radius 3 is 2.41 bits per heavy atom. The highest BCUT2D eigenvalue weighted by molar-refractivity contribution is 5.50. The van der Waals surface area contributed by atoms with Crippen LogP contribution < -0.4 is 5.32 Å². The van der Waals surface area contributed by atoms with E-state index < -0.39 is 0 Å². The summed E-state index contributed by atoms with van der Waals surface area (Å²) in [7, 11) is 0. The molecule has 0 aliphatic heterocycles. The average molecular weight is 239 g/mol. The fourth-order valence-electron chi connectivity index (χ4n) is 1.89. The third kappa shape index (κ3) is 3.43. The second-order valence-electron chi connectivity index (χ2n) is 4.68. The van der Waals surface area contributed by atoms with Crippen LogP contribution in [0.25, 0.3) is 0 Å². The van der Waals surface area contributed by atoms with Gasteiger partial charge in [0, 0.05) is 17.6 Å². The highest BCUT2D eigenvalue weighted by atomic mass is 19.1. The first-order valence-corrected chi connectivity index (χ1v) is 6.18. The summed E-state index contributed by atoms with van der Waals surface area (Å²) < 4.78 is 13.0. The zero-order valence-electron chi connectivity index (χ0n) is 10.9. The number of hydrogen-bond acceptors (Lipinski definition) is 2. The number of benzene rings is 1. The summed E-state index contributed by atoms with van der Waals surface area (Å²) in [5, 5.41) is 12.8. The zero-order chi connectivity index (χ0) is 12.9. The van der Waals surface area contributed by atoms with E-state index in [0.717, 1.165) is 24.1 Å². The lowest BCUT2D eigenvalue weighted by Gasteiger charge is -2.30. The molecule has 0 spiro atoms. The van der Waals surface area contributed by atoms with Crippen molar-refractivity contribution < 1.29 is 9.50 Å². The van der Waals surface area contributed by atoms with E-state index in [1.165, 1.54) is 12.1 Å². The summed E-state index contributed by atoms with van der Waals surface area (Å²) in [6, 6.07) is 4.72. The Morgan fingerprint density at radius 1 is 1.29 bits per heavy atom. The summed E-state index contributed by atoms with van der Waals surface area (Å²) in [4.78, 5) is 0. The highest BCUT2D eigenvalue weighted by Gasteiger charge is 2.24. The normalized spacial score (nSPS) is 11.6. The molecule has 96 valence electrons. The van der Waals surface area contributed by atoms with Crippen molar-refractivity contribution in [2.45, 2.75) is 33.6 Å². The van der Waals surface area contributed by atoms with E-state index in [9.17, 15) is 9.50 Å². The first kappa shape index (κ1) is 14.0. The van der Waals surface area contributed by atoms with E-state index in [4.69, 9.17) is 0 Å². The molecule has 0 aliphatic carbocycles. The highest BCUT2D eigenvalue weighted by Crippen LogP contribution is 2.27. The molecule has 0 saturated carbocycles. The van der Waals surface area contributed by atoms with E-state index in [2.05, 4.69) is 19.2 Å². The molecule has 0 radical (unpaired) electrons. The van der Waals surface area contributed by atoms with E-state index in [1.54, 1.807) is 6.07 Å². The third-order valence-corrected chi connectivity index (χ3v) is 3.68. The van der Waals surface area contributed by atoms with Crippen LogP contribution in [-0.2, 0) is 0 Å².